The fourth-order valence-electron chi connectivity index (χ4n) is 1.78. The van der Waals surface area contributed by atoms with Gasteiger partial charge in [-0.05, 0) is 33.1 Å². The lowest BCUT2D eigenvalue weighted by molar-refractivity contribution is 0.388. The van der Waals surface area contributed by atoms with Gasteiger partial charge in [0.2, 0.25) is 0 Å². The van der Waals surface area contributed by atoms with Crippen molar-refractivity contribution >= 4 is 0 Å². The molecule has 2 atom stereocenters. The lowest BCUT2D eigenvalue weighted by atomic mass is 9.84. The summed E-state index contributed by atoms with van der Waals surface area (Å²) in [5, 5.41) is 17.6. The number of nitrogens with zero attached hydrogens (tertiary/aromatic N) is 2. The van der Waals surface area contributed by atoms with Crippen molar-refractivity contribution in [2.45, 2.75) is 33.1 Å². The lowest BCUT2D eigenvalue weighted by Gasteiger charge is -2.16. The van der Waals surface area contributed by atoms with Gasteiger partial charge in [0, 0.05) is 0 Å². The Hall–Kier alpha value is -1.02. The Morgan fingerprint density at radius 1 is 1.00 bits per heavy atom. The Morgan fingerprint density at radius 2 is 1.36 bits per heavy atom. The second kappa shape index (κ2) is 2.24. The Balaban J connectivity index is 2.78. The number of rotatable bonds is 0. The summed E-state index contributed by atoms with van der Waals surface area (Å²) in [6.45, 7) is 3.88. The van der Waals surface area contributed by atoms with E-state index in [1.165, 1.54) is 0 Å². The van der Waals surface area contributed by atoms with Crippen LogP contribution in [-0.2, 0) is 0 Å². The maximum Gasteiger partial charge on any atom is 0.0687 e. The van der Waals surface area contributed by atoms with Crippen molar-refractivity contribution in [3.63, 3.8) is 0 Å². The van der Waals surface area contributed by atoms with Crippen LogP contribution >= 0.6 is 0 Å². The third-order valence-electron chi connectivity index (χ3n) is 2.55. The van der Waals surface area contributed by atoms with Crippen LogP contribution in [0, 0.1) is 33.5 Å². The summed E-state index contributed by atoms with van der Waals surface area (Å²) < 4.78 is 0. The van der Waals surface area contributed by atoms with Crippen LogP contribution in [0.25, 0.3) is 0 Å². The molecule has 0 heterocycles. The van der Waals surface area contributed by atoms with Crippen molar-refractivity contribution in [3.05, 3.63) is 0 Å². The molecule has 0 N–H and O–H groups in total. The van der Waals surface area contributed by atoms with Crippen LogP contribution in [0.3, 0.4) is 0 Å². The van der Waals surface area contributed by atoms with Crippen LogP contribution in [0.15, 0.2) is 0 Å². The summed E-state index contributed by atoms with van der Waals surface area (Å²) in [6, 6.07) is 4.56. The van der Waals surface area contributed by atoms with Gasteiger partial charge in [-0.1, -0.05) is 0 Å². The number of hydrogen-bond donors (Lipinski definition) is 0. The molecule has 1 aliphatic rings. The van der Waals surface area contributed by atoms with E-state index in [0.29, 0.717) is 0 Å². The standard InChI is InChI=1S/C9H12N2/c1-8(6-10)3-4-9(2,5-8)7-11/h3-5H2,1-2H3. The van der Waals surface area contributed by atoms with E-state index in [4.69, 9.17) is 10.5 Å². The molecule has 58 valence electrons. The maximum atomic E-state index is 8.79. The Bertz CT molecular complexity index is 219. The van der Waals surface area contributed by atoms with Gasteiger partial charge in [0.15, 0.2) is 0 Å². The second-order valence-corrected chi connectivity index (χ2v) is 4.02. The minimum absolute atomic E-state index is 0.246. The van der Waals surface area contributed by atoms with Crippen LogP contribution in [-0.4, -0.2) is 0 Å². The highest BCUT2D eigenvalue weighted by Crippen LogP contribution is 2.48. The average molecular weight is 148 g/mol. The third-order valence-corrected chi connectivity index (χ3v) is 2.55. The summed E-state index contributed by atoms with van der Waals surface area (Å²) >= 11 is 0. The first-order valence-corrected chi connectivity index (χ1v) is 3.86. The normalized spacial score (nSPS) is 42.9. The summed E-state index contributed by atoms with van der Waals surface area (Å²) in [5.74, 6) is 0. The molecule has 0 amide bonds. The van der Waals surface area contributed by atoms with Gasteiger partial charge in [-0.2, -0.15) is 10.5 Å². The van der Waals surface area contributed by atoms with Gasteiger partial charge in [-0.3, -0.25) is 0 Å². The summed E-state index contributed by atoms with van der Waals surface area (Å²) in [7, 11) is 0. The van der Waals surface area contributed by atoms with E-state index in [1.54, 1.807) is 0 Å². The Kier molecular flexibility index (Phi) is 1.64. The molecule has 0 bridgehead atoms. The molecule has 11 heavy (non-hydrogen) atoms. The summed E-state index contributed by atoms with van der Waals surface area (Å²) in [4.78, 5) is 0. The highest BCUT2D eigenvalue weighted by molar-refractivity contribution is 5.11. The Labute approximate surface area is 67.4 Å². The van der Waals surface area contributed by atoms with Gasteiger partial charge in [0.1, 0.15) is 0 Å². The molecule has 0 aromatic heterocycles. The second-order valence-electron chi connectivity index (χ2n) is 4.02. The minimum Gasteiger partial charge on any atom is -0.198 e. The molecule has 0 saturated heterocycles. The smallest absolute Gasteiger partial charge is 0.0687 e. The molecule has 2 heteroatoms. The molecule has 1 aliphatic carbocycles. The zero-order valence-electron chi connectivity index (χ0n) is 7.02. The van der Waals surface area contributed by atoms with Crippen molar-refractivity contribution in [1.29, 1.82) is 10.5 Å². The Morgan fingerprint density at radius 3 is 1.55 bits per heavy atom. The van der Waals surface area contributed by atoms with Gasteiger partial charge in [-0.15, -0.1) is 0 Å². The molecular formula is C9H12N2. The highest BCUT2D eigenvalue weighted by Gasteiger charge is 2.43. The van der Waals surface area contributed by atoms with E-state index in [0.717, 1.165) is 19.3 Å². The van der Waals surface area contributed by atoms with Crippen LogP contribution in [0.5, 0.6) is 0 Å². The molecule has 0 aromatic rings. The monoisotopic (exact) mass is 148 g/mol. The van der Waals surface area contributed by atoms with E-state index < -0.39 is 0 Å². The minimum atomic E-state index is -0.246. The number of nitriles is 2. The SMILES string of the molecule is CC1(C#N)CCC(C)(C#N)C1. The van der Waals surface area contributed by atoms with Crippen molar-refractivity contribution in [3.8, 4) is 12.1 Å². The zero-order chi connectivity index (χ0) is 8.54. The van der Waals surface area contributed by atoms with Gasteiger partial charge >= 0.3 is 0 Å². The van der Waals surface area contributed by atoms with Crippen molar-refractivity contribution in [1.82, 2.24) is 0 Å². The molecule has 0 aliphatic heterocycles. The molecule has 0 spiro atoms. The van der Waals surface area contributed by atoms with Crippen molar-refractivity contribution < 1.29 is 0 Å². The summed E-state index contributed by atoms with van der Waals surface area (Å²) in [6.07, 6.45) is 2.47. The van der Waals surface area contributed by atoms with E-state index >= 15 is 0 Å². The van der Waals surface area contributed by atoms with Crippen LogP contribution < -0.4 is 0 Å². The predicted octanol–water partition coefficient (Wildman–Crippen LogP) is 2.23. The highest BCUT2D eigenvalue weighted by atomic mass is 14.5. The molecule has 0 radical (unpaired) electrons. The number of hydrogen-bond acceptors (Lipinski definition) is 2. The third kappa shape index (κ3) is 1.35. The predicted molar refractivity (Wildman–Crippen MR) is 41.3 cm³/mol. The average Bonchev–Trinajstić information content (AvgIpc) is 2.30. The van der Waals surface area contributed by atoms with E-state index in [2.05, 4.69) is 12.1 Å². The fraction of sp³-hybridized carbons (Fsp3) is 0.778. The van der Waals surface area contributed by atoms with Crippen LogP contribution in [0.1, 0.15) is 33.1 Å². The fourth-order valence-corrected chi connectivity index (χ4v) is 1.78. The van der Waals surface area contributed by atoms with E-state index in [9.17, 15) is 0 Å². The molecule has 2 unspecified atom stereocenters. The van der Waals surface area contributed by atoms with Gasteiger partial charge in [0.05, 0.1) is 23.0 Å². The molecular weight excluding hydrogens is 136 g/mol. The maximum absolute atomic E-state index is 8.79. The first-order chi connectivity index (χ1) is 5.04. The van der Waals surface area contributed by atoms with Crippen LogP contribution in [0.4, 0.5) is 0 Å². The largest absolute Gasteiger partial charge is 0.198 e. The molecule has 1 fully saturated rings. The molecule has 0 aromatic carbocycles. The topological polar surface area (TPSA) is 47.6 Å². The first kappa shape index (κ1) is 8.08. The van der Waals surface area contributed by atoms with Gasteiger partial charge in [0.25, 0.3) is 0 Å². The molecule has 2 nitrogen and oxygen atoms in total. The van der Waals surface area contributed by atoms with E-state index in [-0.39, 0.29) is 10.8 Å². The van der Waals surface area contributed by atoms with Crippen molar-refractivity contribution in [2.75, 3.05) is 0 Å². The van der Waals surface area contributed by atoms with Crippen LogP contribution in [0.2, 0.25) is 0 Å². The quantitative estimate of drug-likeness (QED) is 0.528. The summed E-state index contributed by atoms with van der Waals surface area (Å²) in [5.41, 5.74) is -0.491. The molecule has 1 rings (SSSR count). The van der Waals surface area contributed by atoms with Crippen molar-refractivity contribution in [2.24, 2.45) is 10.8 Å². The van der Waals surface area contributed by atoms with Gasteiger partial charge in [-0.25, -0.2) is 0 Å². The molecule has 1 saturated carbocycles. The van der Waals surface area contributed by atoms with E-state index in [1.807, 2.05) is 13.8 Å². The first-order valence-electron chi connectivity index (χ1n) is 3.86. The lowest BCUT2D eigenvalue weighted by Crippen LogP contribution is -2.13. The zero-order valence-corrected chi connectivity index (χ0v) is 7.02. The van der Waals surface area contributed by atoms with Gasteiger partial charge < -0.3 is 0 Å².